The fraction of sp³-hybridized carbons (Fsp3) is 0.263. The number of amides is 3. The molecule has 6 nitrogen and oxygen atoms in total. The highest BCUT2D eigenvalue weighted by Crippen LogP contribution is 2.34. The highest BCUT2D eigenvalue weighted by molar-refractivity contribution is 8.18. The monoisotopic (exact) mass is 452 g/mol. The van der Waals surface area contributed by atoms with Gasteiger partial charge in [0.05, 0.1) is 22.5 Å². The van der Waals surface area contributed by atoms with Gasteiger partial charge in [-0.1, -0.05) is 12.1 Å². The highest BCUT2D eigenvalue weighted by atomic mass is 32.2. The van der Waals surface area contributed by atoms with Gasteiger partial charge in [-0.2, -0.15) is 13.2 Å². The summed E-state index contributed by atoms with van der Waals surface area (Å²) in [7, 11) is 0. The maximum atomic E-state index is 12.9. The van der Waals surface area contributed by atoms with Gasteiger partial charge in [-0.15, -0.1) is 11.3 Å². The molecule has 2 aromatic rings. The first-order valence-corrected chi connectivity index (χ1v) is 10.6. The van der Waals surface area contributed by atoms with Crippen LogP contribution in [0.5, 0.6) is 0 Å². The zero-order valence-electron chi connectivity index (χ0n) is 15.3. The van der Waals surface area contributed by atoms with Crippen molar-refractivity contribution >= 4 is 46.3 Å². The number of alkyl halides is 3. The number of thioether (sulfide) groups is 1. The molecule has 30 heavy (non-hydrogen) atoms. The van der Waals surface area contributed by atoms with Crippen LogP contribution in [0, 0.1) is 0 Å². The standard InChI is InChI=1S/C19H15F3N4O2S2/c20-19(21,22)12-3-1-2-11(6-12)8-24-18-26(17(28)25-13-4-5-13)16(27)15(30-18)7-14-9-23-10-29-14/h1-3,6-7,9-10,13H,4-5,8H2,(H,25,28). The Morgan fingerprint density at radius 2 is 2.17 bits per heavy atom. The molecule has 11 heteroatoms. The van der Waals surface area contributed by atoms with Gasteiger partial charge in [-0.05, 0) is 48.4 Å². The van der Waals surface area contributed by atoms with E-state index in [1.54, 1.807) is 17.8 Å². The van der Waals surface area contributed by atoms with Gasteiger partial charge in [0, 0.05) is 17.1 Å². The fourth-order valence-corrected chi connectivity index (χ4v) is 4.23. The number of halogens is 3. The van der Waals surface area contributed by atoms with Crippen LogP contribution < -0.4 is 5.32 Å². The molecule has 3 amide bonds. The third-order valence-corrected chi connectivity index (χ3v) is 6.02. The first-order chi connectivity index (χ1) is 14.3. The predicted octanol–water partition coefficient (Wildman–Crippen LogP) is 4.51. The van der Waals surface area contributed by atoms with E-state index in [9.17, 15) is 22.8 Å². The van der Waals surface area contributed by atoms with Gasteiger partial charge >= 0.3 is 12.2 Å². The van der Waals surface area contributed by atoms with Crippen molar-refractivity contribution in [3.63, 3.8) is 0 Å². The molecule has 156 valence electrons. The van der Waals surface area contributed by atoms with Crippen molar-refractivity contribution in [1.29, 1.82) is 0 Å². The van der Waals surface area contributed by atoms with Crippen LogP contribution in [0.1, 0.15) is 28.8 Å². The number of hydrogen-bond donors (Lipinski definition) is 1. The van der Waals surface area contributed by atoms with Crippen LogP contribution in [0.2, 0.25) is 0 Å². The molecule has 2 fully saturated rings. The van der Waals surface area contributed by atoms with Gasteiger partial charge in [-0.3, -0.25) is 14.8 Å². The zero-order valence-corrected chi connectivity index (χ0v) is 17.0. The second-order valence-corrected chi connectivity index (χ2v) is 8.60. The van der Waals surface area contributed by atoms with E-state index in [1.165, 1.54) is 23.5 Å². The molecule has 0 spiro atoms. The lowest BCUT2D eigenvalue weighted by molar-refractivity contribution is -0.137. The normalized spacial score (nSPS) is 19.7. The van der Waals surface area contributed by atoms with E-state index < -0.39 is 23.7 Å². The molecule has 1 aromatic carbocycles. The van der Waals surface area contributed by atoms with Crippen molar-refractivity contribution < 1.29 is 22.8 Å². The predicted molar refractivity (Wildman–Crippen MR) is 109 cm³/mol. The number of carbonyl (C=O) groups is 2. The lowest BCUT2D eigenvalue weighted by Gasteiger charge is -2.14. The average molecular weight is 452 g/mol. The van der Waals surface area contributed by atoms with Gasteiger partial charge in [-0.25, -0.2) is 9.69 Å². The summed E-state index contributed by atoms with van der Waals surface area (Å²) < 4.78 is 38.8. The van der Waals surface area contributed by atoms with Crippen LogP contribution in [0.4, 0.5) is 18.0 Å². The van der Waals surface area contributed by atoms with Crippen molar-refractivity contribution in [2.75, 3.05) is 0 Å². The Morgan fingerprint density at radius 3 is 2.83 bits per heavy atom. The largest absolute Gasteiger partial charge is 0.416 e. The molecule has 4 rings (SSSR count). The van der Waals surface area contributed by atoms with Crippen molar-refractivity contribution in [3.8, 4) is 0 Å². The third kappa shape index (κ3) is 4.73. The number of aromatic nitrogens is 1. The summed E-state index contributed by atoms with van der Waals surface area (Å²) in [5.41, 5.74) is 1.17. The number of nitrogens with zero attached hydrogens (tertiary/aromatic N) is 3. The Morgan fingerprint density at radius 1 is 1.37 bits per heavy atom. The van der Waals surface area contributed by atoms with Gasteiger partial charge in [0.2, 0.25) is 0 Å². The number of urea groups is 1. The SMILES string of the molecule is O=C(NC1CC1)N1C(=O)C(=Cc2cncs2)SC1=NCc1cccc(C(F)(F)F)c1. The lowest BCUT2D eigenvalue weighted by Crippen LogP contribution is -2.44. The van der Waals surface area contributed by atoms with Crippen molar-refractivity contribution in [2.45, 2.75) is 31.6 Å². The van der Waals surface area contributed by atoms with Crippen LogP contribution in [0.3, 0.4) is 0 Å². The molecular weight excluding hydrogens is 437 g/mol. The topological polar surface area (TPSA) is 74.7 Å². The first-order valence-electron chi connectivity index (χ1n) is 8.95. The number of carbonyl (C=O) groups excluding carboxylic acids is 2. The molecule has 0 unspecified atom stereocenters. The summed E-state index contributed by atoms with van der Waals surface area (Å²) in [5.74, 6) is -0.519. The molecule has 1 saturated carbocycles. The molecular formula is C19H15F3N4O2S2. The third-order valence-electron chi connectivity index (χ3n) is 4.29. The molecule has 0 bridgehead atoms. The van der Waals surface area contributed by atoms with E-state index >= 15 is 0 Å². The van der Waals surface area contributed by atoms with Crippen LogP contribution in [-0.4, -0.2) is 33.0 Å². The van der Waals surface area contributed by atoms with E-state index in [2.05, 4.69) is 15.3 Å². The molecule has 0 radical (unpaired) electrons. The molecule has 0 atom stereocenters. The smallest absolute Gasteiger partial charge is 0.335 e. The number of nitrogens with one attached hydrogen (secondary N) is 1. The molecule has 2 heterocycles. The van der Waals surface area contributed by atoms with Gasteiger partial charge in [0.1, 0.15) is 0 Å². The Hall–Kier alpha value is -2.66. The van der Waals surface area contributed by atoms with E-state index in [1.807, 2.05) is 0 Å². The average Bonchev–Trinajstić information content (AvgIpc) is 3.25. The lowest BCUT2D eigenvalue weighted by atomic mass is 10.1. The van der Waals surface area contributed by atoms with E-state index in [0.717, 1.165) is 46.5 Å². The fourth-order valence-electron chi connectivity index (χ4n) is 2.66. The van der Waals surface area contributed by atoms with Crippen LogP contribution in [-0.2, 0) is 17.5 Å². The second kappa shape index (κ2) is 8.23. The summed E-state index contributed by atoms with van der Waals surface area (Å²) in [6.45, 7) is -0.0966. The molecule has 2 aliphatic rings. The molecule has 1 aliphatic carbocycles. The highest BCUT2D eigenvalue weighted by Gasteiger charge is 2.40. The maximum Gasteiger partial charge on any atom is 0.416 e. The quantitative estimate of drug-likeness (QED) is 0.693. The summed E-state index contributed by atoms with van der Waals surface area (Å²) in [4.78, 5) is 35.6. The van der Waals surface area contributed by atoms with Gasteiger partial charge < -0.3 is 5.32 Å². The van der Waals surface area contributed by atoms with E-state index in [0.29, 0.717) is 10.5 Å². The van der Waals surface area contributed by atoms with Crippen LogP contribution >= 0.6 is 23.1 Å². The van der Waals surface area contributed by atoms with Crippen LogP contribution in [0.25, 0.3) is 6.08 Å². The summed E-state index contributed by atoms with van der Waals surface area (Å²) in [6, 6.07) is 4.27. The second-order valence-electron chi connectivity index (χ2n) is 6.68. The zero-order chi connectivity index (χ0) is 21.3. The van der Waals surface area contributed by atoms with Crippen molar-refractivity contribution in [3.05, 3.63) is 56.9 Å². The number of hydrogen-bond acceptors (Lipinski definition) is 6. The van der Waals surface area contributed by atoms with Crippen LogP contribution in [0.15, 0.2) is 45.9 Å². The van der Waals surface area contributed by atoms with Gasteiger partial charge in [0.15, 0.2) is 5.17 Å². The van der Waals surface area contributed by atoms with Crippen molar-refractivity contribution in [1.82, 2.24) is 15.2 Å². The summed E-state index contributed by atoms with van der Waals surface area (Å²) in [5, 5.41) is 2.88. The Bertz CT molecular complexity index is 1030. The number of benzene rings is 1. The number of aliphatic imine (C=N–C) groups is 1. The minimum Gasteiger partial charge on any atom is -0.335 e. The number of imide groups is 1. The molecule has 1 saturated heterocycles. The summed E-state index contributed by atoms with van der Waals surface area (Å²) in [6.07, 6.45) is 0.456. The van der Waals surface area contributed by atoms with E-state index in [-0.39, 0.29) is 17.8 Å². The minimum atomic E-state index is -4.46. The Kier molecular flexibility index (Phi) is 5.65. The summed E-state index contributed by atoms with van der Waals surface area (Å²) >= 11 is 2.35. The Balaban J connectivity index is 1.60. The Labute approximate surface area is 177 Å². The molecule has 1 aliphatic heterocycles. The number of thiazole rings is 1. The first kappa shape index (κ1) is 20.6. The van der Waals surface area contributed by atoms with Crippen molar-refractivity contribution in [2.24, 2.45) is 4.99 Å². The number of rotatable bonds is 4. The van der Waals surface area contributed by atoms with Gasteiger partial charge in [0.25, 0.3) is 5.91 Å². The van der Waals surface area contributed by atoms with E-state index in [4.69, 9.17) is 0 Å². The number of amidine groups is 1. The molecule has 1 aromatic heterocycles. The minimum absolute atomic E-state index is 0.0366. The molecule has 1 N–H and O–H groups in total. The maximum absolute atomic E-state index is 12.9.